The highest BCUT2D eigenvalue weighted by molar-refractivity contribution is 5.95. The van der Waals surface area contributed by atoms with Crippen molar-refractivity contribution in [2.75, 3.05) is 30.9 Å². The van der Waals surface area contributed by atoms with Crippen LogP contribution in [0, 0.1) is 11.8 Å². The van der Waals surface area contributed by atoms with Gasteiger partial charge in [-0.15, -0.1) is 0 Å². The molecule has 0 saturated heterocycles. The number of carbonyl (C=O) groups excluding carboxylic acids is 1. The fraction of sp³-hybridized carbons (Fsp3) is 0.737. The molecule has 3 N–H and O–H groups in total. The Kier molecular flexibility index (Phi) is 7.65. The summed E-state index contributed by atoms with van der Waals surface area (Å²) in [6.07, 6.45) is 5.93. The summed E-state index contributed by atoms with van der Waals surface area (Å²) in [7, 11) is 1.54. The summed E-state index contributed by atoms with van der Waals surface area (Å²) in [6, 6.07) is 0. The lowest BCUT2D eigenvalue weighted by Gasteiger charge is -2.25. The number of anilines is 2. The number of hydrogen-bond acceptors (Lipinski definition) is 5. The highest BCUT2D eigenvalue weighted by Gasteiger charge is 2.25. The number of nitrogens with one attached hydrogen (secondary N) is 1. The number of rotatable bonds is 9. The van der Waals surface area contributed by atoms with Crippen molar-refractivity contribution in [2.45, 2.75) is 58.9 Å². The maximum atomic E-state index is 12.9. The zero-order valence-corrected chi connectivity index (χ0v) is 16.6. The molecule has 152 valence electrons. The van der Waals surface area contributed by atoms with Crippen LogP contribution in [-0.2, 0) is 16.1 Å². The third kappa shape index (κ3) is 5.45. The number of nitrogen functional groups attached to an aromatic ring is 1. The normalized spacial score (nSPS) is 14.8. The first kappa shape index (κ1) is 21.2. The van der Waals surface area contributed by atoms with Crippen LogP contribution in [0.3, 0.4) is 0 Å². The van der Waals surface area contributed by atoms with Crippen molar-refractivity contribution in [1.29, 1.82) is 0 Å². The van der Waals surface area contributed by atoms with Gasteiger partial charge in [-0.05, 0) is 18.3 Å². The Morgan fingerprint density at radius 1 is 1.33 bits per heavy atom. The van der Waals surface area contributed by atoms with Gasteiger partial charge in [0.1, 0.15) is 5.82 Å². The van der Waals surface area contributed by atoms with Gasteiger partial charge >= 0.3 is 5.69 Å². The second kappa shape index (κ2) is 9.73. The molecule has 27 heavy (non-hydrogen) atoms. The molecule has 0 radical (unpaired) electrons. The minimum Gasteiger partial charge on any atom is -0.383 e. The maximum Gasteiger partial charge on any atom is 0.330 e. The molecule has 1 fully saturated rings. The van der Waals surface area contributed by atoms with E-state index >= 15 is 0 Å². The number of amides is 1. The number of nitrogens with zero attached hydrogens (tertiary/aromatic N) is 2. The SMILES string of the molecule is COCCN(C(=O)CCC1CCCC1)c1c(N)n(CC(C)C)c(=O)[nH]c1=O. The summed E-state index contributed by atoms with van der Waals surface area (Å²) >= 11 is 0. The van der Waals surface area contributed by atoms with E-state index < -0.39 is 11.2 Å². The summed E-state index contributed by atoms with van der Waals surface area (Å²) in [5, 5.41) is 0. The zero-order valence-electron chi connectivity index (χ0n) is 16.6. The Balaban J connectivity index is 2.32. The van der Waals surface area contributed by atoms with Gasteiger partial charge in [-0.1, -0.05) is 39.5 Å². The molecular weight excluding hydrogens is 348 g/mol. The molecule has 0 unspecified atom stereocenters. The molecule has 1 saturated carbocycles. The van der Waals surface area contributed by atoms with Crippen LogP contribution in [0.2, 0.25) is 0 Å². The average molecular weight is 380 g/mol. The topological polar surface area (TPSA) is 110 Å². The van der Waals surface area contributed by atoms with Crippen molar-refractivity contribution >= 4 is 17.4 Å². The van der Waals surface area contributed by atoms with Crippen LogP contribution < -0.4 is 21.9 Å². The van der Waals surface area contributed by atoms with Crippen LogP contribution in [0.5, 0.6) is 0 Å². The molecule has 0 bridgehead atoms. The standard InChI is InChI=1S/C19H32N4O4/c1-13(2)12-23-17(20)16(18(25)21-19(23)26)22(10-11-27-3)15(24)9-8-14-6-4-5-7-14/h13-14H,4-12,20H2,1-3H3,(H,21,25,26). The molecular formula is C19H32N4O4. The van der Waals surface area contributed by atoms with Gasteiger partial charge in [0.25, 0.3) is 5.56 Å². The lowest BCUT2D eigenvalue weighted by molar-refractivity contribution is -0.119. The number of methoxy groups -OCH3 is 1. The second-order valence-electron chi connectivity index (χ2n) is 7.72. The maximum absolute atomic E-state index is 12.9. The van der Waals surface area contributed by atoms with E-state index in [0.29, 0.717) is 18.9 Å². The van der Waals surface area contributed by atoms with E-state index in [0.717, 1.165) is 19.3 Å². The molecule has 1 aliphatic carbocycles. The predicted octanol–water partition coefficient (Wildman–Crippen LogP) is 1.72. The molecule has 1 aromatic heterocycles. The summed E-state index contributed by atoms with van der Waals surface area (Å²) in [4.78, 5) is 41.2. The number of nitrogens with two attached hydrogens (primary N) is 1. The van der Waals surface area contributed by atoms with Gasteiger partial charge in [0.2, 0.25) is 5.91 Å². The number of hydrogen-bond donors (Lipinski definition) is 2. The number of aromatic amines is 1. The predicted molar refractivity (Wildman–Crippen MR) is 106 cm³/mol. The molecule has 8 heteroatoms. The second-order valence-corrected chi connectivity index (χ2v) is 7.72. The van der Waals surface area contributed by atoms with E-state index in [1.807, 2.05) is 13.8 Å². The van der Waals surface area contributed by atoms with Crippen molar-refractivity contribution in [1.82, 2.24) is 9.55 Å². The van der Waals surface area contributed by atoms with Crippen LogP contribution in [0.25, 0.3) is 0 Å². The molecule has 1 aromatic rings. The highest BCUT2D eigenvalue weighted by atomic mass is 16.5. The van der Waals surface area contributed by atoms with E-state index in [4.69, 9.17) is 10.5 Å². The van der Waals surface area contributed by atoms with Crippen molar-refractivity contribution in [3.8, 4) is 0 Å². The van der Waals surface area contributed by atoms with E-state index in [1.54, 1.807) is 0 Å². The first-order valence-corrected chi connectivity index (χ1v) is 9.77. The first-order valence-electron chi connectivity index (χ1n) is 9.77. The van der Waals surface area contributed by atoms with Gasteiger partial charge in [0.15, 0.2) is 5.69 Å². The zero-order chi connectivity index (χ0) is 20.0. The summed E-state index contributed by atoms with van der Waals surface area (Å²) in [6.45, 7) is 4.76. The number of ether oxygens (including phenoxy) is 1. The third-order valence-corrected chi connectivity index (χ3v) is 5.09. The van der Waals surface area contributed by atoms with Gasteiger partial charge in [-0.3, -0.25) is 19.1 Å². The molecule has 1 heterocycles. The molecule has 0 aliphatic heterocycles. The Morgan fingerprint density at radius 2 is 2.00 bits per heavy atom. The van der Waals surface area contributed by atoms with Crippen molar-refractivity contribution in [2.24, 2.45) is 11.8 Å². The van der Waals surface area contributed by atoms with Crippen molar-refractivity contribution in [3.05, 3.63) is 20.8 Å². The summed E-state index contributed by atoms with van der Waals surface area (Å²) in [5.74, 6) is 0.603. The van der Waals surface area contributed by atoms with Crippen molar-refractivity contribution in [3.63, 3.8) is 0 Å². The Morgan fingerprint density at radius 3 is 2.59 bits per heavy atom. The Hall–Kier alpha value is -2.09. The molecule has 1 amide bonds. The molecule has 1 aliphatic rings. The summed E-state index contributed by atoms with van der Waals surface area (Å²) < 4.78 is 6.43. The number of carbonyl (C=O) groups is 1. The highest BCUT2D eigenvalue weighted by Crippen LogP contribution is 2.29. The molecule has 0 atom stereocenters. The first-order chi connectivity index (χ1) is 12.8. The molecule has 8 nitrogen and oxygen atoms in total. The molecule has 2 rings (SSSR count). The lowest BCUT2D eigenvalue weighted by Crippen LogP contribution is -2.42. The number of H-pyrrole nitrogens is 1. The Labute approximate surface area is 159 Å². The van der Waals surface area contributed by atoms with Gasteiger partial charge < -0.3 is 15.4 Å². The minimum atomic E-state index is -0.636. The van der Waals surface area contributed by atoms with E-state index in [1.165, 1.54) is 29.4 Å². The average Bonchev–Trinajstić information content (AvgIpc) is 3.12. The smallest absolute Gasteiger partial charge is 0.330 e. The third-order valence-electron chi connectivity index (χ3n) is 5.09. The lowest BCUT2D eigenvalue weighted by atomic mass is 10.0. The fourth-order valence-corrected chi connectivity index (χ4v) is 3.69. The van der Waals surface area contributed by atoms with Gasteiger partial charge in [0, 0.05) is 26.6 Å². The van der Waals surface area contributed by atoms with Crippen LogP contribution in [0.15, 0.2) is 9.59 Å². The molecule has 0 aromatic carbocycles. The van der Waals surface area contributed by atoms with Gasteiger partial charge in [-0.2, -0.15) is 0 Å². The van der Waals surface area contributed by atoms with Gasteiger partial charge in [-0.25, -0.2) is 4.79 Å². The summed E-state index contributed by atoms with van der Waals surface area (Å²) in [5.41, 5.74) is 5.02. The monoisotopic (exact) mass is 380 g/mol. The number of aromatic nitrogens is 2. The van der Waals surface area contributed by atoms with Crippen LogP contribution >= 0.6 is 0 Å². The quantitative estimate of drug-likeness (QED) is 0.678. The van der Waals surface area contributed by atoms with Crippen LogP contribution in [0.4, 0.5) is 11.5 Å². The van der Waals surface area contributed by atoms with Crippen LogP contribution in [0.1, 0.15) is 52.4 Å². The largest absolute Gasteiger partial charge is 0.383 e. The van der Waals surface area contributed by atoms with E-state index in [-0.39, 0.29) is 36.5 Å². The minimum absolute atomic E-state index is 0.0303. The fourth-order valence-electron chi connectivity index (χ4n) is 3.69. The van der Waals surface area contributed by atoms with E-state index in [2.05, 4.69) is 4.98 Å². The molecule has 0 spiro atoms. The van der Waals surface area contributed by atoms with Crippen LogP contribution in [-0.4, -0.2) is 35.7 Å². The Bertz CT molecular complexity index is 747. The van der Waals surface area contributed by atoms with Crippen molar-refractivity contribution < 1.29 is 9.53 Å². The van der Waals surface area contributed by atoms with E-state index in [9.17, 15) is 14.4 Å². The van der Waals surface area contributed by atoms with Gasteiger partial charge in [0.05, 0.1) is 6.61 Å².